The molecule has 3 aromatic rings. The lowest BCUT2D eigenvalue weighted by atomic mass is 10.1. The monoisotopic (exact) mass is 400 g/mol. The Bertz CT molecular complexity index is 1130. The van der Waals surface area contributed by atoms with Gasteiger partial charge in [-0.1, -0.05) is 13.8 Å². The molecule has 3 rings (SSSR count). The number of hydrogen-bond acceptors (Lipinski definition) is 6. The number of amides is 1. The van der Waals surface area contributed by atoms with Crippen molar-refractivity contribution in [2.45, 2.75) is 39.8 Å². The Morgan fingerprint density at radius 3 is 2.76 bits per heavy atom. The van der Waals surface area contributed by atoms with Gasteiger partial charge in [0.25, 0.3) is 5.56 Å². The molecule has 0 aliphatic rings. The van der Waals surface area contributed by atoms with Crippen molar-refractivity contribution in [3.05, 3.63) is 56.8 Å². The summed E-state index contributed by atoms with van der Waals surface area (Å²) in [5.74, 6) is 0.518. The van der Waals surface area contributed by atoms with Crippen LogP contribution in [0.4, 0.5) is 0 Å². The van der Waals surface area contributed by atoms with Gasteiger partial charge >= 0.3 is 5.69 Å². The van der Waals surface area contributed by atoms with Gasteiger partial charge in [-0.15, -0.1) is 0 Å². The smallest absolute Gasteiger partial charge is 0.332 e. The zero-order valence-corrected chi connectivity index (χ0v) is 16.7. The van der Waals surface area contributed by atoms with Crippen molar-refractivity contribution < 1.29 is 13.9 Å². The number of rotatable bonds is 8. The molecular weight excluding hydrogens is 376 g/mol. The van der Waals surface area contributed by atoms with Crippen molar-refractivity contribution >= 4 is 16.9 Å². The van der Waals surface area contributed by atoms with Crippen LogP contribution in [0.3, 0.4) is 0 Å². The van der Waals surface area contributed by atoms with Crippen LogP contribution >= 0.6 is 0 Å². The van der Waals surface area contributed by atoms with E-state index >= 15 is 0 Å². The number of aromatic nitrogens is 3. The highest BCUT2D eigenvalue weighted by atomic mass is 16.5. The zero-order chi connectivity index (χ0) is 21.0. The highest BCUT2D eigenvalue weighted by molar-refractivity contribution is 5.83. The summed E-state index contributed by atoms with van der Waals surface area (Å²) >= 11 is 0. The van der Waals surface area contributed by atoms with Crippen LogP contribution in [0.1, 0.15) is 31.6 Å². The average Bonchev–Trinajstić information content (AvgIpc) is 3.25. The van der Waals surface area contributed by atoms with Crippen LogP contribution in [-0.4, -0.2) is 26.6 Å². The van der Waals surface area contributed by atoms with E-state index in [1.807, 2.05) is 13.8 Å². The SMILES string of the molecule is CCCOc1c(CC)cnc2c1c(=O)n(CC(=O)NCc1ccco1)c(=O)n2C. The second-order valence-electron chi connectivity index (χ2n) is 6.60. The summed E-state index contributed by atoms with van der Waals surface area (Å²) in [5.41, 5.74) is -0.204. The maximum absolute atomic E-state index is 13.2. The first-order valence-electron chi connectivity index (χ1n) is 9.51. The van der Waals surface area contributed by atoms with E-state index in [9.17, 15) is 14.4 Å². The van der Waals surface area contributed by atoms with Gasteiger partial charge in [0.05, 0.1) is 19.4 Å². The molecule has 9 heteroatoms. The van der Waals surface area contributed by atoms with E-state index in [0.29, 0.717) is 24.5 Å². The maximum atomic E-state index is 13.2. The molecule has 0 radical (unpaired) electrons. The standard InChI is InChI=1S/C20H24N4O5/c1-4-8-29-17-13(5-2)10-22-18-16(17)19(26)24(20(27)23(18)3)12-15(25)21-11-14-7-6-9-28-14/h6-7,9-10H,4-5,8,11-12H2,1-3H3,(H,21,25). The normalized spacial score (nSPS) is 11.0. The van der Waals surface area contributed by atoms with Gasteiger partial charge in [-0.3, -0.25) is 14.2 Å². The Balaban J connectivity index is 2.04. The van der Waals surface area contributed by atoms with E-state index in [1.165, 1.54) is 17.9 Å². The molecule has 3 heterocycles. The van der Waals surface area contributed by atoms with Gasteiger partial charge in [-0.25, -0.2) is 14.3 Å². The molecular formula is C20H24N4O5. The van der Waals surface area contributed by atoms with Gasteiger partial charge in [-0.05, 0) is 25.0 Å². The van der Waals surface area contributed by atoms with Crippen molar-refractivity contribution in [3.63, 3.8) is 0 Å². The fourth-order valence-electron chi connectivity index (χ4n) is 3.02. The van der Waals surface area contributed by atoms with Crippen molar-refractivity contribution in [2.75, 3.05) is 6.61 Å². The number of carbonyl (C=O) groups excluding carboxylic acids is 1. The highest BCUT2D eigenvalue weighted by Crippen LogP contribution is 2.25. The summed E-state index contributed by atoms with van der Waals surface area (Å²) in [6.45, 7) is 4.08. The Labute approximate surface area is 166 Å². The van der Waals surface area contributed by atoms with E-state index in [1.54, 1.807) is 18.3 Å². The first-order valence-corrected chi connectivity index (χ1v) is 9.51. The van der Waals surface area contributed by atoms with Crippen LogP contribution in [-0.2, 0) is 31.4 Å². The molecule has 0 saturated heterocycles. The largest absolute Gasteiger partial charge is 0.492 e. The summed E-state index contributed by atoms with van der Waals surface area (Å²) in [6, 6.07) is 3.43. The van der Waals surface area contributed by atoms with E-state index in [2.05, 4.69) is 10.3 Å². The second-order valence-corrected chi connectivity index (χ2v) is 6.60. The molecule has 3 aromatic heterocycles. The quantitative estimate of drug-likeness (QED) is 0.612. The molecule has 0 saturated carbocycles. The first kappa shape index (κ1) is 20.4. The lowest BCUT2D eigenvalue weighted by Crippen LogP contribution is -2.43. The Kier molecular flexibility index (Phi) is 6.16. The number of nitrogens with zero attached hydrogens (tertiary/aromatic N) is 3. The topological polar surface area (TPSA) is 108 Å². The molecule has 1 N–H and O–H groups in total. The van der Waals surface area contributed by atoms with Crippen molar-refractivity contribution in [1.82, 2.24) is 19.4 Å². The van der Waals surface area contributed by atoms with Crippen molar-refractivity contribution in [1.29, 1.82) is 0 Å². The van der Waals surface area contributed by atoms with E-state index in [-0.39, 0.29) is 17.6 Å². The number of carbonyl (C=O) groups is 1. The average molecular weight is 400 g/mol. The van der Waals surface area contributed by atoms with Gasteiger partial charge in [-0.2, -0.15) is 0 Å². The fraction of sp³-hybridized carbons (Fsp3) is 0.400. The summed E-state index contributed by atoms with van der Waals surface area (Å²) in [7, 11) is 1.52. The molecule has 1 amide bonds. The maximum Gasteiger partial charge on any atom is 0.332 e. The third-order valence-electron chi connectivity index (χ3n) is 4.55. The van der Waals surface area contributed by atoms with Gasteiger partial charge in [0.2, 0.25) is 5.91 Å². The third-order valence-corrected chi connectivity index (χ3v) is 4.55. The number of pyridine rings is 1. The predicted octanol–water partition coefficient (Wildman–Crippen LogP) is 1.36. The minimum Gasteiger partial charge on any atom is -0.492 e. The van der Waals surface area contributed by atoms with Crippen LogP contribution in [0, 0.1) is 0 Å². The van der Waals surface area contributed by atoms with Crippen LogP contribution in [0.15, 0.2) is 38.6 Å². The molecule has 0 aromatic carbocycles. The van der Waals surface area contributed by atoms with Gasteiger partial charge < -0.3 is 14.5 Å². The molecule has 9 nitrogen and oxygen atoms in total. The molecule has 154 valence electrons. The Morgan fingerprint density at radius 2 is 2.10 bits per heavy atom. The number of furan rings is 1. The first-order chi connectivity index (χ1) is 14.0. The van der Waals surface area contributed by atoms with Crippen LogP contribution in [0.2, 0.25) is 0 Å². The molecule has 0 fully saturated rings. The number of ether oxygens (including phenoxy) is 1. The van der Waals surface area contributed by atoms with Gasteiger partial charge in [0, 0.05) is 18.8 Å². The number of fused-ring (bicyclic) bond motifs is 1. The van der Waals surface area contributed by atoms with Crippen molar-refractivity contribution in [2.24, 2.45) is 7.05 Å². The molecule has 0 unspecified atom stereocenters. The van der Waals surface area contributed by atoms with Crippen molar-refractivity contribution in [3.8, 4) is 5.75 Å². The molecule has 0 aliphatic carbocycles. The van der Waals surface area contributed by atoms with E-state index in [0.717, 1.165) is 16.6 Å². The van der Waals surface area contributed by atoms with Gasteiger partial charge in [0.1, 0.15) is 23.4 Å². The van der Waals surface area contributed by atoms with Crippen LogP contribution in [0.5, 0.6) is 5.75 Å². The summed E-state index contributed by atoms with van der Waals surface area (Å²) in [6.07, 6.45) is 4.50. The lowest BCUT2D eigenvalue weighted by Gasteiger charge is -2.15. The third kappa shape index (κ3) is 4.08. The molecule has 0 bridgehead atoms. The summed E-state index contributed by atoms with van der Waals surface area (Å²) < 4.78 is 13.2. The second kappa shape index (κ2) is 8.76. The van der Waals surface area contributed by atoms with E-state index in [4.69, 9.17) is 9.15 Å². The lowest BCUT2D eigenvalue weighted by molar-refractivity contribution is -0.122. The highest BCUT2D eigenvalue weighted by Gasteiger charge is 2.20. The Morgan fingerprint density at radius 1 is 1.31 bits per heavy atom. The number of aryl methyl sites for hydroxylation is 2. The van der Waals surface area contributed by atoms with Crippen LogP contribution in [0.25, 0.3) is 11.0 Å². The molecule has 0 atom stereocenters. The van der Waals surface area contributed by atoms with Crippen LogP contribution < -0.4 is 21.3 Å². The number of nitrogens with one attached hydrogen (secondary N) is 1. The summed E-state index contributed by atoms with van der Waals surface area (Å²) in [4.78, 5) is 42.5. The van der Waals surface area contributed by atoms with Gasteiger partial charge in [0.15, 0.2) is 5.65 Å². The molecule has 0 aliphatic heterocycles. The fourth-order valence-corrected chi connectivity index (χ4v) is 3.02. The summed E-state index contributed by atoms with van der Waals surface area (Å²) in [5, 5.41) is 2.85. The zero-order valence-electron chi connectivity index (χ0n) is 16.7. The minimum absolute atomic E-state index is 0.168. The Hall–Kier alpha value is -3.36. The number of hydrogen-bond donors (Lipinski definition) is 1. The minimum atomic E-state index is -0.617. The predicted molar refractivity (Wildman–Crippen MR) is 107 cm³/mol. The molecule has 29 heavy (non-hydrogen) atoms. The van der Waals surface area contributed by atoms with E-state index < -0.39 is 23.7 Å². The molecule has 0 spiro atoms.